The van der Waals surface area contributed by atoms with Gasteiger partial charge in [0.25, 0.3) is 0 Å². The summed E-state index contributed by atoms with van der Waals surface area (Å²) in [6, 6.07) is 4.32. The number of hydrogen-bond acceptors (Lipinski definition) is 4. The summed E-state index contributed by atoms with van der Waals surface area (Å²) < 4.78 is 14.3. The largest absolute Gasteiger partial charge is 0.326 e. The molecule has 2 N–H and O–H groups in total. The van der Waals surface area contributed by atoms with Crippen molar-refractivity contribution in [3.63, 3.8) is 0 Å². The Morgan fingerprint density at radius 3 is 2.93 bits per heavy atom. The molecule has 0 bridgehead atoms. The van der Waals surface area contributed by atoms with Crippen LogP contribution in [0.5, 0.6) is 0 Å². The average molecular weight is 193 g/mol. The fourth-order valence-corrected chi connectivity index (χ4v) is 1.19. The first-order chi connectivity index (χ1) is 6.81. The van der Waals surface area contributed by atoms with Gasteiger partial charge in [-0.25, -0.2) is 9.07 Å². The Morgan fingerprint density at radius 1 is 1.43 bits per heavy atom. The third kappa shape index (κ3) is 1.47. The number of halogens is 1. The molecule has 14 heavy (non-hydrogen) atoms. The molecule has 1 aromatic heterocycles. The van der Waals surface area contributed by atoms with Gasteiger partial charge in [-0.15, -0.1) is 5.10 Å². The van der Waals surface area contributed by atoms with Crippen molar-refractivity contribution in [2.75, 3.05) is 0 Å². The lowest BCUT2D eigenvalue weighted by molar-refractivity contribution is 0.623. The molecule has 72 valence electrons. The summed E-state index contributed by atoms with van der Waals surface area (Å²) in [5.41, 5.74) is 6.86. The zero-order valence-corrected chi connectivity index (χ0v) is 7.26. The molecule has 0 radical (unpaired) electrons. The molecule has 0 aliphatic rings. The van der Waals surface area contributed by atoms with Crippen LogP contribution < -0.4 is 5.73 Å². The van der Waals surface area contributed by atoms with Crippen LogP contribution >= 0.6 is 0 Å². The van der Waals surface area contributed by atoms with Crippen molar-refractivity contribution < 1.29 is 4.39 Å². The number of nitrogens with zero attached hydrogens (tertiary/aromatic N) is 4. The number of aromatic nitrogens is 4. The molecule has 0 saturated heterocycles. The quantitative estimate of drug-likeness (QED) is 0.742. The van der Waals surface area contributed by atoms with Crippen LogP contribution in [0.4, 0.5) is 4.39 Å². The summed E-state index contributed by atoms with van der Waals surface area (Å²) in [7, 11) is 0. The van der Waals surface area contributed by atoms with Gasteiger partial charge in [-0.3, -0.25) is 0 Å². The van der Waals surface area contributed by atoms with E-state index in [1.54, 1.807) is 6.07 Å². The summed E-state index contributed by atoms with van der Waals surface area (Å²) in [6.45, 7) is 0.315. The van der Waals surface area contributed by atoms with Gasteiger partial charge in [0, 0.05) is 6.54 Å². The zero-order valence-electron chi connectivity index (χ0n) is 7.26. The minimum atomic E-state index is -0.340. The molecule has 1 aromatic carbocycles. The smallest absolute Gasteiger partial charge is 0.143 e. The maximum atomic E-state index is 13.0. The van der Waals surface area contributed by atoms with Crippen LogP contribution in [0.25, 0.3) is 5.69 Å². The average Bonchev–Trinajstić information content (AvgIpc) is 2.70. The Labute approximate surface area is 79.3 Å². The van der Waals surface area contributed by atoms with Gasteiger partial charge in [0.15, 0.2) is 0 Å². The van der Waals surface area contributed by atoms with E-state index in [1.165, 1.54) is 23.1 Å². The number of hydrogen-bond donors (Lipinski definition) is 1. The van der Waals surface area contributed by atoms with Crippen LogP contribution in [-0.2, 0) is 6.54 Å². The monoisotopic (exact) mass is 193 g/mol. The van der Waals surface area contributed by atoms with Crippen LogP contribution in [-0.4, -0.2) is 20.2 Å². The Hall–Kier alpha value is -1.82. The van der Waals surface area contributed by atoms with Gasteiger partial charge in [-0.1, -0.05) is 6.07 Å². The number of benzene rings is 1. The molecule has 0 saturated carbocycles. The second-order valence-corrected chi connectivity index (χ2v) is 2.73. The first kappa shape index (κ1) is 8.76. The molecule has 0 fully saturated rings. The number of tetrazole rings is 1. The molecular weight excluding hydrogens is 185 g/mol. The Kier molecular flexibility index (Phi) is 2.19. The van der Waals surface area contributed by atoms with E-state index in [0.29, 0.717) is 12.2 Å². The van der Waals surface area contributed by atoms with Crippen molar-refractivity contribution in [1.82, 2.24) is 20.2 Å². The van der Waals surface area contributed by atoms with Gasteiger partial charge in [0.2, 0.25) is 0 Å². The van der Waals surface area contributed by atoms with Gasteiger partial charge >= 0.3 is 0 Å². The summed E-state index contributed by atoms with van der Waals surface area (Å²) in [5.74, 6) is -0.340. The van der Waals surface area contributed by atoms with Gasteiger partial charge < -0.3 is 5.73 Å². The fraction of sp³-hybridized carbons (Fsp3) is 0.125. The summed E-state index contributed by atoms with van der Waals surface area (Å²) >= 11 is 0. The lowest BCUT2D eigenvalue weighted by Crippen LogP contribution is -2.05. The van der Waals surface area contributed by atoms with Crippen molar-refractivity contribution >= 4 is 0 Å². The van der Waals surface area contributed by atoms with Gasteiger partial charge in [0.05, 0.1) is 5.69 Å². The second kappa shape index (κ2) is 3.51. The van der Waals surface area contributed by atoms with Crippen LogP contribution in [0, 0.1) is 5.82 Å². The van der Waals surface area contributed by atoms with E-state index in [9.17, 15) is 4.39 Å². The first-order valence-corrected chi connectivity index (χ1v) is 4.03. The molecule has 6 heteroatoms. The lowest BCUT2D eigenvalue weighted by Gasteiger charge is -2.05. The van der Waals surface area contributed by atoms with Crippen LogP contribution in [0.15, 0.2) is 24.5 Å². The van der Waals surface area contributed by atoms with Crippen LogP contribution in [0.1, 0.15) is 5.56 Å². The van der Waals surface area contributed by atoms with E-state index >= 15 is 0 Å². The molecule has 0 atom stereocenters. The summed E-state index contributed by atoms with van der Waals surface area (Å²) in [4.78, 5) is 0. The summed E-state index contributed by atoms with van der Waals surface area (Å²) in [6.07, 6.45) is 1.40. The normalized spacial score (nSPS) is 10.4. The van der Waals surface area contributed by atoms with E-state index < -0.39 is 0 Å². The van der Waals surface area contributed by atoms with Crippen molar-refractivity contribution in [3.8, 4) is 5.69 Å². The highest BCUT2D eigenvalue weighted by Gasteiger charge is 2.05. The van der Waals surface area contributed by atoms with Crippen molar-refractivity contribution in [1.29, 1.82) is 0 Å². The Bertz CT molecular complexity index is 425. The fourth-order valence-electron chi connectivity index (χ4n) is 1.19. The van der Waals surface area contributed by atoms with Crippen molar-refractivity contribution in [2.24, 2.45) is 5.73 Å². The lowest BCUT2D eigenvalue weighted by atomic mass is 10.2. The maximum absolute atomic E-state index is 13.0. The molecule has 0 amide bonds. The molecular formula is C8H8FN5. The van der Waals surface area contributed by atoms with E-state index in [0.717, 1.165) is 5.56 Å². The SMILES string of the molecule is NCc1ccc(F)cc1-n1cnnn1. The predicted molar refractivity (Wildman–Crippen MR) is 47.0 cm³/mol. The number of nitrogens with two attached hydrogens (primary N) is 1. The highest BCUT2D eigenvalue weighted by Crippen LogP contribution is 2.13. The standard InChI is InChI=1S/C8H8FN5/c9-7-2-1-6(4-10)8(3-7)14-5-11-12-13-14/h1-3,5H,4,10H2. The molecule has 0 spiro atoms. The third-order valence-electron chi connectivity index (χ3n) is 1.86. The van der Waals surface area contributed by atoms with Gasteiger partial charge in [0.1, 0.15) is 12.1 Å². The second-order valence-electron chi connectivity index (χ2n) is 2.73. The highest BCUT2D eigenvalue weighted by atomic mass is 19.1. The molecule has 5 nitrogen and oxygen atoms in total. The molecule has 0 aliphatic carbocycles. The van der Waals surface area contributed by atoms with Crippen LogP contribution in [0.3, 0.4) is 0 Å². The van der Waals surface area contributed by atoms with Crippen molar-refractivity contribution in [2.45, 2.75) is 6.54 Å². The minimum absolute atomic E-state index is 0.315. The van der Waals surface area contributed by atoms with E-state index in [2.05, 4.69) is 15.5 Å². The third-order valence-corrected chi connectivity index (χ3v) is 1.86. The van der Waals surface area contributed by atoms with Gasteiger partial charge in [-0.2, -0.15) is 0 Å². The molecule has 2 aromatic rings. The maximum Gasteiger partial charge on any atom is 0.143 e. The van der Waals surface area contributed by atoms with E-state index in [1.807, 2.05) is 0 Å². The van der Waals surface area contributed by atoms with Crippen LogP contribution in [0.2, 0.25) is 0 Å². The minimum Gasteiger partial charge on any atom is -0.326 e. The first-order valence-electron chi connectivity index (χ1n) is 4.03. The van der Waals surface area contributed by atoms with E-state index in [4.69, 9.17) is 5.73 Å². The van der Waals surface area contributed by atoms with E-state index in [-0.39, 0.29) is 5.82 Å². The Morgan fingerprint density at radius 2 is 2.29 bits per heavy atom. The topological polar surface area (TPSA) is 69.6 Å². The highest BCUT2D eigenvalue weighted by molar-refractivity contribution is 5.40. The van der Waals surface area contributed by atoms with Crippen molar-refractivity contribution in [3.05, 3.63) is 35.9 Å². The number of rotatable bonds is 2. The van der Waals surface area contributed by atoms with Gasteiger partial charge in [-0.05, 0) is 28.1 Å². The zero-order chi connectivity index (χ0) is 9.97. The summed E-state index contributed by atoms with van der Waals surface area (Å²) in [5, 5.41) is 10.6. The Balaban J connectivity index is 2.55. The molecule has 0 unspecified atom stereocenters. The molecule has 0 aliphatic heterocycles. The molecule has 2 rings (SSSR count). The predicted octanol–water partition coefficient (Wildman–Crippen LogP) is 0.260. The molecule has 1 heterocycles.